The molecule has 1 aromatic heterocycles. The third kappa shape index (κ3) is 15.5. The molecule has 9 atom stereocenters. The first kappa shape index (κ1) is 88.6. The Kier molecular flexibility index (Phi) is 21.9. The summed E-state index contributed by atoms with van der Waals surface area (Å²) in [4.78, 5) is 26.0. The number of hydrogen-bond donors (Lipinski definition) is 0. The summed E-state index contributed by atoms with van der Waals surface area (Å²) >= 11 is 0. The summed E-state index contributed by atoms with van der Waals surface area (Å²) in [6.45, 7) is 57.9. The Labute approximate surface area is 777 Å². The van der Waals surface area contributed by atoms with Gasteiger partial charge in [0.1, 0.15) is 30.0 Å². The standard InChI is InChI=1S/C41H49N3OSi.C23H31NOSi.C22H31NSi.C18H20N4.C10H16Si/c1-28-9-18-46(25-28)26-31-24-44-17-16-38(2,3)33-19-29(20-34(37(33)44)40(31,5)27-46)7-8-32-21-30(35(23-42)43-6)22-36(45-32)41-13-10-39(4,11-14-41)12-15-41;1-16-5-8-26(13-16)14-18-11-24-7-6-22(2,3)19-9-17(12-25)10-20(21(19)24)23(18,4)15-26;1-16-8-11-24(13-16)14-17-12-23-10-9-21(2,3)18-6-5-7-19(20(18)23)22(17,4)15-24;1-18(2)11-12-21(16-9-5-3-7-14(16)18)13-22-17-10-6-4-8-15(17)19-20-22;1-9-3-5-11(7-9)6-4-10(2)8-11/h7-9,19-22,31H,10-18,24-27H2,1-5H3;5,9-10,12,18H,6-8,11,13-15H2,1-4H3;5-8,17H,9-15H2,1-4H3;3-10H,11-13H2,1-2H3;3-4H,5-8H2,1-2H3/b8-7+,35-30+;;;;. The second-order valence-electron chi connectivity index (χ2n) is 49.4. The molecule has 3 saturated carbocycles. The van der Waals surface area contributed by atoms with Crippen molar-refractivity contribution in [2.24, 2.45) is 28.6 Å². The SMILES string of the molecule is CC1(C)CCN(Cn2nnc3ccccc32)c2ccccc21.CC1=CC[Si]2(C1)CC1CN3CCC(C)(C)c4cc(C=O)cc(c43)C1(C)C2.CC1=CC[Si]2(C1)CC1CN3CCC(C)(C)c4cccc(c43)C1(C)C2.CC1=CC[Si]2(CC=C(C)C2)C1.[C-]#[N+]/C(C#N)=C1C=C(/C=C/c2cc3c4c(c2)C2(C)C[Si]5(CC=C(C)C5)CC2CN4CCC3(C)C)OC(C23CCC(C)(CC2)CC3)=C\1. The predicted octanol–water partition coefficient (Wildman–Crippen LogP) is 28.1. The van der Waals surface area contributed by atoms with Crippen LogP contribution in [0.5, 0.6) is 0 Å². The minimum atomic E-state index is -1.33. The monoisotopic (exact) mass is 1790 g/mol. The number of fused-ring (bicyclic) bond motifs is 11. The van der Waals surface area contributed by atoms with Gasteiger partial charge in [0.05, 0.1) is 50.5 Å². The van der Waals surface area contributed by atoms with Crippen molar-refractivity contribution in [3.05, 3.63) is 252 Å². The first-order chi connectivity index (χ1) is 61.3. The first-order valence-corrected chi connectivity index (χ1v) is 61.6. The van der Waals surface area contributed by atoms with Gasteiger partial charge in [0.15, 0.2) is 0 Å². The molecule has 16 aliphatic heterocycles. The normalized spacial score (nSPS) is 33.4. The number of benzene rings is 5. The van der Waals surface area contributed by atoms with Crippen molar-refractivity contribution in [2.45, 2.75) is 323 Å². The summed E-state index contributed by atoms with van der Waals surface area (Å²) in [5.74, 6) is 4.13. The molecule has 0 radical (unpaired) electrons. The molecule has 3 saturated heterocycles. The number of aromatic nitrogens is 3. The fraction of sp³-hybridized carbons (Fsp3) is 0.553. The van der Waals surface area contributed by atoms with Crippen LogP contribution in [0, 0.1) is 46.5 Å². The number of carbonyl (C=O) groups is 1. The molecule has 9 unspecified atom stereocenters. The molecule has 4 spiro atoms. The van der Waals surface area contributed by atoms with Crippen molar-refractivity contribution in [3.8, 4) is 6.07 Å². The summed E-state index contributed by atoms with van der Waals surface area (Å²) < 4.78 is 8.74. The molecular weight excluding hydrogens is 1640 g/mol. The Morgan fingerprint density at radius 2 is 0.915 bits per heavy atom. The topological polar surface area (TPSA) is 98.1 Å². The van der Waals surface area contributed by atoms with E-state index in [0.29, 0.717) is 21.8 Å². The number of nitrogens with zero attached hydrogens (tertiary/aromatic N) is 9. The highest BCUT2D eigenvalue weighted by Gasteiger charge is 2.62. The van der Waals surface area contributed by atoms with Crippen LogP contribution in [0.4, 0.5) is 22.7 Å². The largest absolute Gasteiger partial charge is 0.461 e. The number of para-hydroxylation sites is 3. The molecule has 0 N–H and O–H groups in total. The molecule has 15 heteroatoms. The molecule has 676 valence electrons. The summed E-state index contributed by atoms with van der Waals surface area (Å²) in [5, 5.41) is 18.4. The Bertz CT molecular complexity index is 5910. The Morgan fingerprint density at radius 1 is 0.488 bits per heavy atom. The highest BCUT2D eigenvalue weighted by Crippen LogP contribution is 2.67. The summed E-state index contributed by atoms with van der Waals surface area (Å²) in [6, 6.07) is 59.0. The van der Waals surface area contributed by atoms with Crippen molar-refractivity contribution < 1.29 is 9.53 Å². The van der Waals surface area contributed by atoms with Gasteiger partial charge < -0.3 is 24.3 Å². The van der Waals surface area contributed by atoms with Gasteiger partial charge in [0.25, 0.3) is 5.70 Å². The molecule has 6 fully saturated rings. The van der Waals surface area contributed by atoms with Crippen LogP contribution in [0.3, 0.4) is 0 Å². The van der Waals surface area contributed by atoms with Crippen LogP contribution < -0.4 is 19.6 Å². The van der Waals surface area contributed by atoms with Gasteiger partial charge in [0.2, 0.25) is 0 Å². The van der Waals surface area contributed by atoms with E-state index in [9.17, 15) is 10.1 Å². The van der Waals surface area contributed by atoms with E-state index >= 15 is 0 Å². The van der Waals surface area contributed by atoms with Crippen molar-refractivity contribution in [1.29, 1.82) is 5.26 Å². The third-order valence-corrected chi connectivity index (χ3v) is 58.4. The second kappa shape index (κ2) is 32.0. The average Bonchev–Trinajstić information content (AvgIpc) is 1.62. The van der Waals surface area contributed by atoms with Gasteiger partial charge in [-0.1, -0.05) is 219 Å². The molecule has 129 heavy (non-hydrogen) atoms. The smallest absolute Gasteiger partial charge is 0.269 e. The van der Waals surface area contributed by atoms with Gasteiger partial charge >= 0.3 is 0 Å². The van der Waals surface area contributed by atoms with Crippen molar-refractivity contribution in [2.75, 3.05) is 65.4 Å². The van der Waals surface area contributed by atoms with Gasteiger partial charge in [-0.15, -0.1) is 5.10 Å². The number of aldehydes is 1. The third-order valence-electron chi connectivity index (χ3n) is 38.0. The maximum Gasteiger partial charge on any atom is 0.269 e. The van der Waals surface area contributed by atoms with Crippen LogP contribution in [-0.2, 0) is 49.3 Å². The van der Waals surface area contributed by atoms with Crippen LogP contribution in [0.2, 0.25) is 96.7 Å². The van der Waals surface area contributed by atoms with Crippen LogP contribution >= 0.6 is 0 Å². The van der Waals surface area contributed by atoms with E-state index in [1.54, 1.807) is 62.0 Å². The zero-order chi connectivity index (χ0) is 90.2. The first-order valence-electron chi connectivity index (χ1n) is 50.3. The van der Waals surface area contributed by atoms with E-state index in [2.05, 4.69) is 274 Å². The van der Waals surface area contributed by atoms with Crippen LogP contribution in [-0.4, -0.2) is 99.4 Å². The fourth-order valence-electron chi connectivity index (χ4n) is 30.4. The van der Waals surface area contributed by atoms with Gasteiger partial charge in [-0.25, -0.2) is 14.8 Å². The lowest BCUT2D eigenvalue weighted by atomic mass is 9.53. The lowest BCUT2D eigenvalue weighted by Gasteiger charge is -2.52. The van der Waals surface area contributed by atoms with Gasteiger partial charge in [0, 0.05) is 79.5 Å². The molecule has 2 bridgehead atoms. The van der Waals surface area contributed by atoms with Crippen molar-refractivity contribution >= 4 is 78.4 Å². The van der Waals surface area contributed by atoms with E-state index in [1.807, 2.05) is 35.0 Å². The molecular formula is C114H147N9O2Si4. The van der Waals surface area contributed by atoms with Gasteiger partial charge in [-0.2, -0.15) is 0 Å². The number of anilines is 4. The van der Waals surface area contributed by atoms with Gasteiger partial charge in [-0.3, -0.25) is 4.79 Å². The highest BCUT2D eigenvalue weighted by molar-refractivity contribution is 6.84. The van der Waals surface area contributed by atoms with Crippen LogP contribution in [0.25, 0.3) is 22.0 Å². The Morgan fingerprint density at radius 3 is 1.41 bits per heavy atom. The zero-order valence-corrected chi connectivity index (χ0v) is 85.5. The molecule has 17 heterocycles. The highest BCUT2D eigenvalue weighted by atomic mass is 28.3. The molecule has 0 amide bonds. The lowest BCUT2D eigenvalue weighted by Crippen LogP contribution is -2.48. The number of hydrogen-bond acceptors (Lipinski definition) is 9. The quantitative estimate of drug-likeness (QED) is 0.0531. The predicted molar refractivity (Wildman–Crippen MR) is 548 cm³/mol. The van der Waals surface area contributed by atoms with Gasteiger partial charge in [-0.05, 0) is 349 Å². The van der Waals surface area contributed by atoms with E-state index in [1.165, 1.54) is 201 Å². The number of ether oxygens (including phenoxy) is 1. The maximum absolute atomic E-state index is 11.7. The number of allylic oxidation sites excluding steroid dienone is 16. The minimum Gasteiger partial charge on any atom is -0.461 e. The molecule has 11 nitrogen and oxygen atoms in total. The van der Waals surface area contributed by atoms with E-state index < -0.39 is 32.3 Å². The molecule has 6 aromatic rings. The molecule has 3 aliphatic carbocycles. The number of rotatable bonds is 6. The summed E-state index contributed by atoms with van der Waals surface area (Å²) in [5.41, 5.74) is 32.4. The summed E-state index contributed by atoms with van der Waals surface area (Å²) in [7, 11) is -4.42. The van der Waals surface area contributed by atoms with E-state index in [0.717, 1.165) is 97.6 Å². The second-order valence-corrected chi connectivity index (χ2v) is 67.5. The van der Waals surface area contributed by atoms with Crippen LogP contribution in [0.15, 0.2) is 190 Å². The average molecular weight is 1790 g/mol. The van der Waals surface area contributed by atoms with Crippen LogP contribution in [0.1, 0.15) is 237 Å². The van der Waals surface area contributed by atoms with E-state index in [4.69, 9.17) is 11.3 Å². The molecule has 19 aliphatic rings. The fourth-order valence-corrected chi connectivity index (χ4v) is 55.5. The molecule has 25 rings (SSSR count). The Hall–Kier alpha value is -8.32. The zero-order valence-electron chi connectivity index (χ0n) is 81.5. The lowest BCUT2D eigenvalue weighted by molar-refractivity contribution is -0.00270. The summed E-state index contributed by atoms with van der Waals surface area (Å²) in [6.07, 6.45) is 33.9. The number of carbonyl (C=O) groups excluding carboxylic acids is 1. The minimum absolute atomic E-state index is 0.0157. The maximum atomic E-state index is 11.7. The number of nitriles is 1. The van der Waals surface area contributed by atoms with Crippen molar-refractivity contribution in [1.82, 2.24) is 15.0 Å². The molecule has 5 aromatic carbocycles. The Balaban J connectivity index is 0.000000108. The van der Waals surface area contributed by atoms with Crippen molar-refractivity contribution in [3.63, 3.8) is 0 Å². The van der Waals surface area contributed by atoms with E-state index in [-0.39, 0.29) is 38.2 Å².